The predicted molar refractivity (Wildman–Crippen MR) is 64.0 cm³/mol. The van der Waals surface area contributed by atoms with Crippen LogP contribution in [0, 0.1) is 0 Å². The van der Waals surface area contributed by atoms with Crippen molar-refractivity contribution in [3.63, 3.8) is 0 Å². The van der Waals surface area contributed by atoms with Crippen molar-refractivity contribution >= 4 is 17.7 Å². The zero-order chi connectivity index (χ0) is 11.1. The number of thioether (sulfide) groups is 1. The maximum Gasteiger partial charge on any atom is 0.230 e. The molecule has 88 valence electrons. The van der Waals surface area contributed by atoms with E-state index in [2.05, 4.69) is 5.32 Å². The van der Waals surface area contributed by atoms with Crippen molar-refractivity contribution in [3.8, 4) is 0 Å². The van der Waals surface area contributed by atoms with Gasteiger partial charge in [-0.2, -0.15) is 11.8 Å². The molecule has 1 amide bonds. The van der Waals surface area contributed by atoms with E-state index in [4.69, 9.17) is 0 Å². The van der Waals surface area contributed by atoms with Gasteiger partial charge in [0.1, 0.15) is 0 Å². The Hall–Kier alpha value is -0.220. The molecule has 4 heteroatoms. The molecule has 2 N–H and O–H groups in total. The predicted octanol–water partition coefficient (Wildman–Crippen LogP) is 1.55. The molecule has 0 unspecified atom stereocenters. The van der Waals surface area contributed by atoms with Gasteiger partial charge >= 0.3 is 0 Å². The van der Waals surface area contributed by atoms with Crippen LogP contribution in [0.4, 0.5) is 0 Å². The van der Waals surface area contributed by atoms with E-state index in [1.807, 2.05) is 6.26 Å². The van der Waals surface area contributed by atoms with Crippen molar-refractivity contribution in [2.75, 3.05) is 18.6 Å². The highest BCUT2D eigenvalue weighted by atomic mass is 32.2. The van der Waals surface area contributed by atoms with E-state index in [-0.39, 0.29) is 5.91 Å². The Labute approximate surface area is 96.0 Å². The molecule has 0 aromatic carbocycles. The normalized spacial score (nSPS) is 20.7. The molecule has 1 fully saturated rings. The van der Waals surface area contributed by atoms with Crippen LogP contribution in [0.2, 0.25) is 0 Å². The standard InChI is InChI=1S/C11H21NO2S/c1-15-8-10(13)12-9-11(14)6-4-2-3-5-7-11/h14H,2-9H2,1H3,(H,12,13). The molecular weight excluding hydrogens is 210 g/mol. The molecule has 1 rings (SSSR count). The van der Waals surface area contributed by atoms with Crippen LogP contribution in [0.3, 0.4) is 0 Å². The number of hydrogen-bond donors (Lipinski definition) is 2. The minimum absolute atomic E-state index is 0.0279. The van der Waals surface area contributed by atoms with E-state index in [1.165, 1.54) is 24.6 Å². The molecule has 1 aliphatic rings. The quantitative estimate of drug-likeness (QED) is 0.722. The Morgan fingerprint density at radius 1 is 1.33 bits per heavy atom. The van der Waals surface area contributed by atoms with E-state index in [0.29, 0.717) is 12.3 Å². The Kier molecular flexibility index (Phi) is 5.47. The van der Waals surface area contributed by atoms with Gasteiger partial charge in [-0.25, -0.2) is 0 Å². The lowest BCUT2D eigenvalue weighted by molar-refractivity contribution is -0.120. The number of aliphatic hydroxyl groups is 1. The molecule has 1 aliphatic carbocycles. The topological polar surface area (TPSA) is 49.3 Å². The molecule has 0 atom stereocenters. The molecule has 1 saturated carbocycles. The number of carbonyl (C=O) groups is 1. The van der Waals surface area contributed by atoms with Crippen molar-refractivity contribution in [1.82, 2.24) is 5.32 Å². The summed E-state index contributed by atoms with van der Waals surface area (Å²) in [4.78, 5) is 11.3. The lowest BCUT2D eigenvalue weighted by atomic mass is 9.94. The van der Waals surface area contributed by atoms with Gasteiger partial charge in [0.05, 0.1) is 11.4 Å². The minimum atomic E-state index is -0.648. The van der Waals surface area contributed by atoms with Gasteiger partial charge in [-0.3, -0.25) is 4.79 Å². The number of amides is 1. The van der Waals surface area contributed by atoms with Crippen molar-refractivity contribution in [2.45, 2.75) is 44.1 Å². The summed E-state index contributed by atoms with van der Waals surface area (Å²) in [7, 11) is 0. The molecule has 15 heavy (non-hydrogen) atoms. The second-order valence-corrected chi connectivity index (χ2v) is 5.21. The molecule has 0 aromatic heterocycles. The van der Waals surface area contributed by atoms with Crippen molar-refractivity contribution in [1.29, 1.82) is 0 Å². The molecule has 0 spiro atoms. The zero-order valence-corrected chi connectivity index (χ0v) is 10.2. The molecule has 0 saturated heterocycles. The van der Waals surface area contributed by atoms with Gasteiger partial charge in [0.2, 0.25) is 5.91 Å². The van der Waals surface area contributed by atoms with Crippen LogP contribution < -0.4 is 5.32 Å². The number of nitrogens with one attached hydrogen (secondary N) is 1. The van der Waals surface area contributed by atoms with E-state index >= 15 is 0 Å². The first kappa shape index (κ1) is 12.8. The maximum absolute atomic E-state index is 11.3. The summed E-state index contributed by atoms with van der Waals surface area (Å²) < 4.78 is 0. The first-order chi connectivity index (χ1) is 7.16. The molecule has 0 heterocycles. The largest absolute Gasteiger partial charge is 0.388 e. The first-order valence-electron chi connectivity index (χ1n) is 5.64. The fraction of sp³-hybridized carbons (Fsp3) is 0.909. The molecule has 0 aliphatic heterocycles. The van der Waals surface area contributed by atoms with Gasteiger partial charge in [0.15, 0.2) is 0 Å². The summed E-state index contributed by atoms with van der Waals surface area (Å²) in [5.41, 5.74) is -0.648. The average Bonchev–Trinajstić information content (AvgIpc) is 2.42. The van der Waals surface area contributed by atoms with Crippen LogP contribution in [-0.4, -0.2) is 35.2 Å². The number of carbonyl (C=O) groups excluding carboxylic acids is 1. The van der Waals surface area contributed by atoms with Gasteiger partial charge < -0.3 is 10.4 Å². The highest BCUT2D eigenvalue weighted by Crippen LogP contribution is 2.26. The van der Waals surface area contributed by atoms with Crippen molar-refractivity contribution in [2.24, 2.45) is 0 Å². The van der Waals surface area contributed by atoms with Gasteiger partial charge in [-0.05, 0) is 19.1 Å². The summed E-state index contributed by atoms with van der Waals surface area (Å²) in [6.07, 6.45) is 8.13. The van der Waals surface area contributed by atoms with Crippen LogP contribution in [0.15, 0.2) is 0 Å². The van der Waals surface area contributed by atoms with E-state index in [9.17, 15) is 9.90 Å². The maximum atomic E-state index is 11.3. The molecule has 3 nitrogen and oxygen atoms in total. The van der Waals surface area contributed by atoms with E-state index in [1.54, 1.807) is 0 Å². The molecule has 0 radical (unpaired) electrons. The summed E-state index contributed by atoms with van der Waals surface area (Å²) in [6.45, 7) is 0.423. The monoisotopic (exact) mass is 231 g/mol. The van der Waals surface area contributed by atoms with Crippen molar-refractivity contribution in [3.05, 3.63) is 0 Å². The highest BCUT2D eigenvalue weighted by molar-refractivity contribution is 7.99. The third-order valence-electron chi connectivity index (χ3n) is 2.92. The highest BCUT2D eigenvalue weighted by Gasteiger charge is 2.28. The second kappa shape index (κ2) is 6.38. The summed E-state index contributed by atoms with van der Waals surface area (Å²) in [5.74, 6) is 0.510. The Morgan fingerprint density at radius 3 is 2.47 bits per heavy atom. The summed E-state index contributed by atoms with van der Waals surface area (Å²) in [6, 6.07) is 0. The summed E-state index contributed by atoms with van der Waals surface area (Å²) >= 11 is 1.51. The van der Waals surface area contributed by atoms with Gasteiger partial charge in [0.25, 0.3) is 0 Å². The van der Waals surface area contributed by atoms with Gasteiger partial charge in [0, 0.05) is 6.54 Å². The smallest absolute Gasteiger partial charge is 0.230 e. The number of rotatable bonds is 4. The van der Waals surface area contributed by atoms with Gasteiger partial charge in [-0.1, -0.05) is 25.7 Å². The van der Waals surface area contributed by atoms with Crippen LogP contribution in [0.5, 0.6) is 0 Å². The SMILES string of the molecule is CSCC(=O)NCC1(O)CCCCCC1. The lowest BCUT2D eigenvalue weighted by Gasteiger charge is -2.26. The molecular formula is C11H21NO2S. The minimum Gasteiger partial charge on any atom is -0.388 e. The van der Waals surface area contributed by atoms with E-state index < -0.39 is 5.60 Å². The third kappa shape index (κ3) is 4.89. The first-order valence-corrected chi connectivity index (χ1v) is 7.04. The van der Waals surface area contributed by atoms with Crippen LogP contribution in [-0.2, 0) is 4.79 Å². The Balaban J connectivity index is 2.30. The second-order valence-electron chi connectivity index (χ2n) is 4.35. The fourth-order valence-corrected chi connectivity index (χ4v) is 2.37. The average molecular weight is 231 g/mol. The summed E-state index contributed by atoms with van der Waals surface area (Å²) in [5, 5.41) is 13.1. The van der Waals surface area contributed by atoms with Crippen molar-refractivity contribution < 1.29 is 9.90 Å². The molecule has 0 bridgehead atoms. The van der Waals surface area contributed by atoms with Gasteiger partial charge in [-0.15, -0.1) is 0 Å². The zero-order valence-electron chi connectivity index (χ0n) is 9.42. The van der Waals surface area contributed by atoms with Crippen LogP contribution in [0.25, 0.3) is 0 Å². The van der Waals surface area contributed by atoms with Crippen LogP contribution >= 0.6 is 11.8 Å². The van der Waals surface area contributed by atoms with Crippen LogP contribution in [0.1, 0.15) is 38.5 Å². The number of hydrogen-bond acceptors (Lipinski definition) is 3. The third-order valence-corrected chi connectivity index (χ3v) is 3.48. The molecule has 0 aromatic rings. The van der Waals surface area contributed by atoms with E-state index in [0.717, 1.165) is 25.7 Å². The lowest BCUT2D eigenvalue weighted by Crippen LogP contribution is -2.43. The Bertz CT molecular complexity index is 201. The Morgan fingerprint density at radius 2 is 1.93 bits per heavy atom. The fourth-order valence-electron chi connectivity index (χ4n) is 2.01.